The summed E-state index contributed by atoms with van der Waals surface area (Å²) in [4.78, 5) is 22.0. The maximum Gasteiger partial charge on any atom is 0.274 e. The molecule has 2 rings (SSSR count). The van der Waals surface area contributed by atoms with Crippen LogP contribution < -0.4 is 11.3 Å². The summed E-state index contributed by atoms with van der Waals surface area (Å²) in [5.74, 6) is 5.45. The van der Waals surface area contributed by atoms with Crippen molar-refractivity contribution in [1.82, 2.24) is 14.9 Å². The van der Waals surface area contributed by atoms with Gasteiger partial charge in [-0.25, -0.2) is 15.8 Å². The quantitative estimate of drug-likeness (QED) is 0.519. The fraction of sp³-hybridized carbons (Fsp3) is 0.583. The first-order chi connectivity index (χ1) is 9.02. The van der Waals surface area contributed by atoms with Crippen LogP contribution in [0.2, 0.25) is 0 Å². The lowest BCUT2D eigenvalue weighted by Crippen LogP contribution is -2.34. The molecule has 1 aromatic rings. The number of nitrogens with zero attached hydrogens (tertiary/aromatic N) is 3. The zero-order valence-corrected chi connectivity index (χ0v) is 11.0. The molecule has 0 spiro atoms. The number of likely N-dealkylation sites (tertiary alicyclic amines) is 1. The Morgan fingerprint density at radius 3 is 2.84 bits per heavy atom. The van der Waals surface area contributed by atoms with Gasteiger partial charge in [-0.15, -0.1) is 0 Å². The van der Waals surface area contributed by atoms with E-state index in [1.807, 2.05) is 6.92 Å². The molecule has 1 amide bonds. The van der Waals surface area contributed by atoms with Crippen LogP contribution in [0, 0.1) is 0 Å². The van der Waals surface area contributed by atoms with E-state index in [2.05, 4.69) is 15.4 Å². The molecule has 1 fully saturated rings. The molecule has 0 aromatic carbocycles. The largest absolute Gasteiger partial charge is 0.390 e. The molecule has 7 nitrogen and oxygen atoms in total. The summed E-state index contributed by atoms with van der Waals surface area (Å²) in [6, 6.07) is 0. The third-order valence-electron chi connectivity index (χ3n) is 3.37. The van der Waals surface area contributed by atoms with E-state index >= 15 is 0 Å². The molecule has 1 aliphatic rings. The summed E-state index contributed by atoms with van der Waals surface area (Å²) in [6.07, 6.45) is 4.89. The SMILES string of the molecule is CC1(O)CCCN(C(=O)c2cnc(NN)cn2)CC1. The van der Waals surface area contributed by atoms with Gasteiger partial charge in [0.25, 0.3) is 5.91 Å². The molecule has 7 heteroatoms. The molecule has 2 heterocycles. The van der Waals surface area contributed by atoms with E-state index in [4.69, 9.17) is 5.84 Å². The Balaban J connectivity index is 2.06. The zero-order valence-electron chi connectivity index (χ0n) is 11.0. The van der Waals surface area contributed by atoms with Crippen LogP contribution in [0.4, 0.5) is 5.82 Å². The molecule has 19 heavy (non-hydrogen) atoms. The number of hydrogen-bond acceptors (Lipinski definition) is 6. The second-order valence-electron chi connectivity index (χ2n) is 5.07. The van der Waals surface area contributed by atoms with Crippen molar-refractivity contribution in [2.75, 3.05) is 18.5 Å². The van der Waals surface area contributed by atoms with Crippen molar-refractivity contribution in [3.63, 3.8) is 0 Å². The number of nitrogens with one attached hydrogen (secondary N) is 1. The van der Waals surface area contributed by atoms with Gasteiger partial charge in [0.05, 0.1) is 18.0 Å². The number of anilines is 1. The monoisotopic (exact) mass is 265 g/mol. The fourth-order valence-electron chi connectivity index (χ4n) is 2.14. The Hall–Kier alpha value is -1.73. The van der Waals surface area contributed by atoms with Crippen LogP contribution in [0.15, 0.2) is 12.4 Å². The number of hydrogen-bond donors (Lipinski definition) is 3. The van der Waals surface area contributed by atoms with Crippen LogP contribution in [0.1, 0.15) is 36.7 Å². The van der Waals surface area contributed by atoms with Crippen molar-refractivity contribution in [2.45, 2.75) is 31.8 Å². The number of amides is 1. The molecule has 1 saturated heterocycles. The molecule has 0 aliphatic carbocycles. The predicted molar refractivity (Wildman–Crippen MR) is 70.2 cm³/mol. The Morgan fingerprint density at radius 2 is 2.21 bits per heavy atom. The Kier molecular flexibility index (Phi) is 3.96. The number of nitrogens with two attached hydrogens (primary N) is 1. The molecule has 1 atom stereocenters. The number of carbonyl (C=O) groups is 1. The van der Waals surface area contributed by atoms with E-state index in [9.17, 15) is 9.90 Å². The van der Waals surface area contributed by atoms with E-state index in [0.717, 1.165) is 6.42 Å². The highest BCUT2D eigenvalue weighted by atomic mass is 16.3. The minimum Gasteiger partial charge on any atom is -0.390 e. The predicted octanol–water partition coefficient (Wildman–Crippen LogP) is 0.139. The van der Waals surface area contributed by atoms with Crippen molar-refractivity contribution in [3.8, 4) is 0 Å². The summed E-state index contributed by atoms with van der Waals surface area (Å²) >= 11 is 0. The normalized spacial score (nSPS) is 23.8. The van der Waals surface area contributed by atoms with Gasteiger partial charge in [0.2, 0.25) is 0 Å². The van der Waals surface area contributed by atoms with Crippen molar-refractivity contribution < 1.29 is 9.90 Å². The molecule has 4 N–H and O–H groups in total. The third kappa shape index (κ3) is 3.39. The zero-order chi connectivity index (χ0) is 13.9. The highest BCUT2D eigenvalue weighted by Crippen LogP contribution is 2.22. The minimum absolute atomic E-state index is 0.159. The summed E-state index contributed by atoms with van der Waals surface area (Å²) in [6.45, 7) is 2.97. The highest BCUT2D eigenvalue weighted by molar-refractivity contribution is 5.92. The van der Waals surface area contributed by atoms with E-state index in [0.29, 0.717) is 37.4 Å². The number of nitrogen functional groups attached to an aromatic ring is 1. The molecule has 0 saturated carbocycles. The number of aromatic nitrogens is 2. The van der Waals surface area contributed by atoms with Gasteiger partial charge in [-0.3, -0.25) is 4.79 Å². The second kappa shape index (κ2) is 5.50. The number of rotatable bonds is 2. The number of carbonyl (C=O) groups excluding carboxylic acids is 1. The molecule has 0 bridgehead atoms. The van der Waals surface area contributed by atoms with Gasteiger partial charge in [0.1, 0.15) is 5.69 Å². The molecule has 1 unspecified atom stereocenters. The first kappa shape index (κ1) is 13.7. The first-order valence-electron chi connectivity index (χ1n) is 6.32. The summed E-state index contributed by atoms with van der Waals surface area (Å²) in [5.41, 5.74) is 1.97. The lowest BCUT2D eigenvalue weighted by molar-refractivity contribution is 0.0437. The van der Waals surface area contributed by atoms with Crippen LogP contribution in [-0.4, -0.2) is 44.6 Å². The standard InChI is InChI=1S/C12H19N5O2/c1-12(19)3-2-5-17(6-4-12)11(18)9-7-15-10(16-13)8-14-9/h7-8,19H,2-6,13H2,1H3,(H,15,16). The van der Waals surface area contributed by atoms with Gasteiger partial charge in [0.15, 0.2) is 5.82 Å². The van der Waals surface area contributed by atoms with Gasteiger partial charge in [-0.2, -0.15) is 0 Å². The average molecular weight is 265 g/mol. The Morgan fingerprint density at radius 1 is 1.42 bits per heavy atom. The highest BCUT2D eigenvalue weighted by Gasteiger charge is 2.27. The molecule has 1 aromatic heterocycles. The Bertz CT molecular complexity index is 446. The van der Waals surface area contributed by atoms with Crippen LogP contribution in [0.25, 0.3) is 0 Å². The van der Waals surface area contributed by atoms with E-state index in [-0.39, 0.29) is 5.91 Å². The Labute approximate surface area is 111 Å². The molecule has 1 aliphatic heterocycles. The second-order valence-corrected chi connectivity index (χ2v) is 5.07. The fourth-order valence-corrected chi connectivity index (χ4v) is 2.14. The minimum atomic E-state index is -0.686. The molecular weight excluding hydrogens is 246 g/mol. The van der Waals surface area contributed by atoms with E-state index < -0.39 is 5.60 Å². The van der Waals surface area contributed by atoms with Crippen LogP contribution in [-0.2, 0) is 0 Å². The average Bonchev–Trinajstić information content (AvgIpc) is 2.59. The molecule has 104 valence electrons. The van der Waals surface area contributed by atoms with Crippen molar-refractivity contribution in [2.24, 2.45) is 5.84 Å². The molecular formula is C12H19N5O2. The smallest absolute Gasteiger partial charge is 0.274 e. The van der Waals surface area contributed by atoms with E-state index in [1.165, 1.54) is 12.4 Å². The van der Waals surface area contributed by atoms with Gasteiger partial charge in [-0.05, 0) is 26.2 Å². The van der Waals surface area contributed by atoms with Gasteiger partial charge in [0, 0.05) is 13.1 Å². The van der Waals surface area contributed by atoms with Gasteiger partial charge < -0.3 is 15.4 Å². The van der Waals surface area contributed by atoms with E-state index in [1.54, 1.807) is 4.90 Å². The van der Waals surface area contributed by atoms with Crippen LogP contribution in [0.3, 0.4) is 0 Å². The third-order valence-corrected chi connectivity index (χ3v) is 3.37. The van der Waals surface area contributed by atoms with Crippen molar-refractivity contribution in [1.29, 1.82) is 0 Å². The lowest BCUT2D eigenvalue weighted by atomic mass is 9.98. The van der Waals surface area contributed by atoms with Crippen molar-refractivity contribution in [3.05, 3.63) is 18.1 Å². The topological polar surface area (TPSA) is 104 Å². The maximum absolute atomic E-state index is 12.3. The summed E-state index contributed by atoms with van der Waals surface area (Å²) < 4.78 is 0. The van der Waals surface area contributed by atoms with Gasteiger partial charge in [-0.1, -0.05) is 0 Å². The number of hydrazine groups is 1. The van der Waals surface area contributed by atoms with Crippen LogP contribution in [0.5, 0.6) is 0 Å². The summed E-state index contributed by atoms with van der Waals surface area (Å²) in [7, 11) is 0. The first-order valence-corrected chi connectivity index (χ1v) is 6.32. The summed E-state index contributed by atoms with van der Waals surface area (Å²) in [5, 5.41) is 10.0. The molecule has 0 radical (unpaired) electrons. The lowest BCUT2D eigenvalue weighted by Gasteiger charge is -2.22. The van der Waals surface area contributed by atoms with Crippen molar-refractivity contribution >= 4 is 11.7 Å². The van der Waals surface area contributed by atoms with Gasteiger partial charge >= 0.3 is 0 Å². The maximum atomic E-state index is 12.3. The van der Waals surface area contributed by atoms with Crippen LogP contribution >= 0.6 is 0 Å². The number of aliphatic hydroxyl groups is 1.